The van der Waals surface area contributed by atoms with Crippen molar-refractivity contribution in [1.29, 1.82) is 0 Å². The van der Waals surface area contributed by atoms with Crippen molar-refractivity contribution < 1.29 is 19.0 Å². The van der Waals surface area contributed by atoms with Crippen molar-refractivity contribution in [2.75, 3.05) is 19.8 Å². The summed E-state index contributed by atoms with van der Waals surface area (Å²) in [7, 11) is 0. The molecule has 15 heavy (non-hydrogen) atoms. The van der Waals surface area contributed by atoms with Gasteiger partial charge in [-0.2, -0.15) is 0 Å². The topological polar surface area (TPSA) is 38.7 Å². The van der Waals surface area contributed by atoms with Crippen LogP contribution in [-0.2, 0) is 6.42 Å². The van der Waals surface area contributed by atoms with Gasteiger partial charge in [-0.25, -0.2) is 4.39 Å². The van der Waals surface area contributed by atoms with Gasteiger partial charge in [0.05, 0.1) is 0 Å². The van der Waals surface area contributed by atoms with Gasteiger partial charge < -0.3 is 14.6 Å². The number of hydrogen-bond donors (Lipinski definition) is 1. The average Bonchev–Trinajstić information content (AvgIpc) is 2.29. The van der Waals surface area contributed by atoms with Gasteiger partial charge in [0.25, 0.3) is 0 Å². The third-order valence-corrected chi connectivity index (χ3v) is 2.33. The van der Waals surface area contributed by atoms with Crippen molar-refractivity contribution in [1.82, 2.24) is 0 Å². The van der Waals surface area contributed by atoms with Gasteiger partial charge in [0.15, 0.2) is 17.3 Å². The predicted molar refractivity (Wildman–Crippen MR) is 52.8 cm³/mol. The van der Waals surface area contributed by atoms with E-state index < -0.39 is 5.82 Å². The van der Waals surface area contributed by atoms with Crippen LogP contribution in [0.5, 0.6) is 11.5 Å². The zero-order chi connectivity index (χ0) is 10.7. The Bertz CT molecular complexity index is 352. The Balaban J connectivity index is 2.30. The monoisotopic (exact) mass is 212 g/mol. The summed E-state index contributed by atoms with van der Waals surface area (Å²) in [5, 5.41) is 8.74. The zero-order valence-electron chi connectivity index (χ0n) is 8.33. The van der Waals surface area contributed by atoms with Crippen molar-refractivity contribution in [3.8, 4) is 11.5 Å². The van der Waals surface area contributed by atoms with Crippen molar-refractivity contribution in [2.45, 2.75) is 12.8 Å². The molecule has 1 heterocycles. The fourth-order valence-electron chi connectivity index (χ4n) is 1.63. The lowest BCUT2D eigenvalue weighted by molar-refractivity contribution is 0.162. The summed E-state index contributed by atoms with van der Waals surface area (Å²) >= 11 is 0. The van der Waals surface area contributed by atoms with E-state index >= 15 is 0 Å². The van der Waals surface area contributed by atoms with Crippen LogP contribution in [0.25, 0.3) is 0 Å². The molecule has 0 aliphatic carbocycles. The second-order valence-electron chi connectivity index (χ2n) is 3.39. The van der Waals surface area contributed by atoms with E-state index in [1.54, 1.807) is 6.07 Å². The number of fused-ring (bicyclic) bond motifs is 1. The lowest BCUT2D eigenvalue weighted by Gasteiger charge is -2.21. The maximum Gasteiger partial charge on any atom is 0.197 e. The first kappa shape index (κ1) is 10.2. The molecule has 0 saturated heterocycles. The number of aliphatic hydroxyl groups excluding tert-OH is 1. The van der Waals surface area contributed by atoms with Gasteiger partial charge in [0.1, 0.15) is 13.2 Å². The lowest BCUT2D eigenvalue weighted by Crippen LogP contribution is -2.17. The quantitative estimate of drug-likeness (QED) is 0.825. The number of halogens is 1. The van der Waals surface area contributed by atoms with Gasteiger partial charge in [-0.3, -0.25) is 0 Å². The maximum atomic E-state index is 13.3. The molecule has 1 aliphatic rings. The number of aryl methyl sites for hydroxylation is 1. The molecule has 0 unspecified atom stereocenters. The molecule has 1 N–H and O–H groups in total. The predicted octanol–water partition coefficient (Wildman–Crippen LogP) is 1.52. The van der Waals surface area contributed by atoms with Crippen LogP contribution in [0.15, 0.2) is 12.1 Å². The molecule has 0 radical (unpaired) electrons. The Labute approximate surface area is 87.4 Å². The highest BCUT2D eigenvalue weighted by molar-refractivity contribution is 5.48. The van der Waals surface area contributed by atoms with E-state index in [2.05, 4.69) is 0 Å². The molecule has 0 atom stereocenters. The first-order valence-corrected chi connectivity index (χ1v) is 5.01. The van der Waals surface area contributed by atoms with E-state index in [9.17, 15) is 4.39 Å². The van der Waals surface area contributed by atoms with Gasteiger partial charge in [0.2, 0.25) is 0 Å². The molecule has 4 heteroatoms. The molecule has 2 rings (SSSR count). The molecule has 0 amide bonds. The minimum Gasteiger partial charge on any atom is -0.486 e. The van der Waals surface area contributed by atoms with Gasteiger partial charge in [-0.15, -0.1) is 0 Å². The van der Waals surface area contributed by atoms with Crippen LogP contribution >= 0.6 is 0 Å². The second kappa shape index (κ2) is 4.49. The number of hydrogen-bond acceptors (Lipinski definition) is 3. The van der Waals surface area contributed by atoms with Crippen LogP contribution in [0, 0.1) is 5.82 Å². The van der Waals surface area contributed by atoms with Gasteiger partial charge in [0, 0.05) is 6.61 Å². The van der Waals surface area contributed by atoms with Crippen LogP contribution in [0.2, 0.25) is 0 Å². The van der Waals surface area contributed by atoms with Crippen LogP contribution in [-0.4, -0.2) is 24.9 Å². The van der Waals surface area contributed by atoms with Crippen LogP contribution < -0.4 is 9.47 Å². The fourth-order valence-corrected chi connectivity index (χ4v) is 1.63. The molecule has 82 valence electrons. The number of ether oxygens (including phenoxy) is 2. The van der Waals surface area contributed by atoms with E-state index in [0.29, 0.717) is 31.8 Å². The van der Waals surface area contributed by atoms with Crippen molar-refractivity contribution in [2.24, 2.45) is 0 Å². The molecule has 0 saturated carbocycles. The number of aliphatic hydroxyl groups is 1. The standard InChI is InChI=1S/C11H13FO3/c12-9-4-3-8(2-1-5-13)10-11(9)15-7-6-14-10/h3-4,13H,1-2,5-7H2. The molecule has 1 aliphatic heterocycles. The Morgan fingerprint density at radius 1 is 1.20 bits per heavy atom. The fraction of sp³-hybridized carbons (Fsp3) is 0.455. The van der Waals surface area contributed by atoms with E-state index in [-0.39, 0.29) is 12.4 Å². The number of rotatable bonds is 3. The van der Waals surface area contributed by atoms with Crippen LogP contribution in [0.4, 0.5) is 4.39 Å². The van der Waals surface area contributed by atoms with Crippen molar-refractivity contribution in [3.63, 3.8) is 0 Å². The molecule has 0 aromatic heterocycles. The molecule has 3 nitrogen and oxygen atoms in total. The highest BCUT2D eigenvalue weighted by atomic mass is 19.1. The SMILES string of the molecule is OCCCc1ccc(F)c2c1OCCO2. The smallest absolute Gasteiger partial charge is 0.197 e. The minimum absolute atomic E-state index is 0.118. The van der Waals surface area contributed by atoms with E-state index in [0.717, 1.165) is 5.56 Å². The molecule has 0 fully saturated rings. The summed E-state index contributed by atoms with van der Waals surface area (Å²) in [5.41, 5.74) is 0.889. The van der Waals surface area contributed by atoms with E-state index in [4.69, 9.17) is 14.6 Å². The molecule has 1 aromatic rings. The Kier molecular flexibility index (Phi) is 3.06. The highest BCUT2D eigenvalue weighted by Gasteiger charge is 2.19. The number of benzene rings is 1. The molecule has 0 bridgehead atoms. The van der Waals surface area contributed by atoms with Crippen molar-refractivity contribution >= 4 is 0 Å². The van der Waals surface area contributed by atoms with E-state index in [1.807, 2.05) is 0 Å². The average molecular weight is 212 g/mol. The van der Waals surface area contributed by atoms with Gasteiger partial charge >= 0.3 is 0 Å². The minimum atomic E-state index is -0.391. The third kappa shape index (κ3) is 2.04. The highest BCUT2D eigenvalue weighted by Crippen LogP contribution is 2.36. The van der Waals surface area contributed by atoms with Gasteiger partial charge in [-0.05, 0) is 24.5 Å². The summed E-state index contributed by atoms with van der Waals surface area (Å²) in [6.07, 6.45) is 1.31. The summed E-state index contributed by atoms with van der Waals surface area (Å²) in [6.45, 7) is 0.947. The normalized spacial score (nSPS) is 14.0. The summed E-state index contributed by atoms with van der Waals surface area (Å²) in [6, 6.07) is 3.05. The Morgan fingerprint density at radius 2 is 1.93 bits per heavy atom. The molecule has 0 spiro atoms. The zero-order valence-corrected chi connectivity index (χ0v) is 8.33. The summed E-state index contributed by atoms with van der Waals surface area (Å²) < 4.78 is 23.9. The second-order valence-corrected chi connectivity index (χ2v) is 3.39. The first-order valence-electron chi connectivity index (χ1n) is 5.01. The van der Waals surface area contributed by atoms with Crippen LogP contribution in [0.1, 0.15) is 12.0 Å². The van der Waals surface area contributed by atoms with Crippen LogP contribution in [0.3, 0.4) is 0 Å². The Hall–Kier alpha value is -1.29. The van der Waals surface area contributed by atoms with Gasteiger partial charge in [-0.1, -0.05) is 6.07 Å². The molecule has 1 aromatic carbocycles. The molecular weight excluding hydrogens is 199 g/mol. The summed E-state index contributed by atoms with van der Waals surface area (Å²) in [5.74, 6) is 0.309. The largest absolute Gasteiger partial charge is 0.486 e. The summed E-state index contributed by atoms with van der Waals surface area (Å²) in [4.78, 5) is 0. The first-order chi connectivity index (χ1) is 7.33. The Morgan fingerprint density at radius 3 is 2.67 bits per heavy atom. The van der Waals surface area contributed by atoms with Crippen molar-refractivity contribution in [3.05, 3.63) is 23.5 Å². The third-order valence-electron chi connectivity index (χ3n) is 2.33. The lowest BCUT2D eigenvalue weighted by atomic mass is 10.1. The van der Waals surface area contributed by atoms with E-state index in [1.165, 1.54) is 6.07 Å². The molecular formula is C11H13FO3. The maximum absolute atomic E-state index is 13.3.